The summed E-state index contributed by atoms with van der Waals surface area (Å²) < 4.78 is 32.2. The van der Waals surface area contributed by atoms with Crippen molar-refractivity contribution >= 4 is 0 Å². The van der Waals surface area contributed by atoms with Crippen molar-refractivity contribution < 1.29 is 13.5 Å². The first-order chi connectivity index (χ1) is 6.59. The summed E-state index contributed by atoms with van der Waals surface area (Å²) in [6, 6.07) is 0. The molecule has 0 saturated heterocycles. The van der Waals surface area contributed by atoms with Crippen molar-refractivity contribution in [2.24, 2.45) is 5.92 Å². The Balaban J connectivity index is 2.35. The molecule has 1 aliphatic carbocycles. The van der Waals surface area contributed by atoms with Crippen molar-refractivity contribution in [2.45, 2.75) is 32.9 Å². The highest BCUT2D eigenvalue weighted by Crippen LogP contribution is 2.39. The highest BCUT2D eigenvalue weighted by atomic mass is 19.1. The number of alkyl halides is 1. The second kappa shape index (κ2) is 3.37. The summed E-state index contributed by atoms with van der Waals surface area (Å²) in [4.78, 5) is 0. The molecule has 2 aliphatic rings. The van der Waals surface area contributed by atoms with Crippen molar-refractivity contribution in [1.29, 1.82) is 0 Å². The number of rotatable bonds is 0. The molecule has 0 fully saturated rings. The van der Waals surface area contributed by atoms with Gasteiger partial charge in [0.2, 0.25) is 0 Å². The SMILES string of the molecule is CC1=C(F)C2=C(CC(C)CO2)CC1F. The molecule has 78 valence electrons. The Morgan fingerprint density at radius 2 is 2.07 bits per heavy atom. The van der Waals surface area contributed by atoms with Crippen LogP contribution >= 0.6 is 0 Å². The van der Waals surface area contributed by atoms with Gasteiger partial charge in [-0.3, -0.25) is 0 Å². The lowest BCUT2D eigenvalue weighted by atomic mass is 9.88. The summed E-state index contributed by atoms with van der Waals surface area (Å²) in [6.07, 6.45) is -0.0994. The largest absolute Gasteiger partial charge is 0.490 e. The Morgan fingerprint density at radius 3 is 2.79 bits per heavy atom. The van der Waals surface area contributed by atoms with Crippen LogP contribution in [0.3, 0.4) is 0 Å². The molecule has 0 saturated carbocycles. The summed E-state index contributed by atoms with van der Waals surface area (Å²) in [6.45, 7) is 4.06. The predicted molar refractivity (Wildman–Crippen MR) is 50.1 cm³/mol. The van der Waals surface area contributed by atoms with Crippen LogP contribution in [0.15, 0.2) is 22.7 Å². The van der Waals surface area contributed by atoms with Crippen LogP contribution in [0.2, 0.25) is 0 Å². The maximum absolute atomic E-state index is 13.5. The molecule has 2 atom stereocenters. The Morgan fingerprint density at radius 1 is 1.36 bits per heavy atom. The smallest absolute Gasteiger partial charge is 0.166 e. The van der Waals surface area contributed by atoms with E-state index in [0.717, 1.165) is 12.0 Å². The van der Waals surface area contributed by atoms with Gasteiger partial charge in [0.1, 0.15) is 6.17 Å². The Bertz CT molecular complexity index is 317. The van der Waals surface area contributed by atoms with Crippen LogP contribution in [0, 0.1) is 5.92 Å². The molecular formula is C11H14F2O. The predicted octanol–water partition coefficient (Wildman–Crippen LogP) is 3.28. The van der Waals surface area contributed by atoms with Crippen LogP contribution in [0.5, 0.6) is 0 Å². The first kappa shape index (κ1) is 9.69. The lowest BCUT2D eigenvalue weighted by Crippen LogP contribution is -2.22. The molecule has 0 aromatic carbocycles. The highest BCUT2D eigenvalue weighted by molar-refractivity contribution is 5.37. The zero-order valence-corrected chi connectivity index (χ0v) is 8.44. The van der Waals surface area contributed by atoms with Crippen molar-refractivity contribution in [3.05, 3.63) is 22.7 Å². The van der Waals surface area contributed by atoms with Gasteiger partial charge in [-0.05, 0) is 24.8 Å². The third-order valence-electron chi connectivity index (χ3n) is 2.87. The third-order valence-corrected chi connectivity index (χ3v) is 2.87. The van der Waals surface area contributed by atoms with Crippen molar-refractivity contribution in [3.8, 4) is 0 Å². The molecular weight excluding hydrogens is 186 g/mol. The second-order valence-electron chi connectivity index (χ2n) is 4.22. The number of ether oxygens (including phenoxy) is 1. The fraction of sp³-hybridized carbons (Fsp3) is 0.636. The van der Waals surface area contributed by atoms with Gasteiger partial charge in [0.15, 0.2) is 11.6 Å². The topological polar surface area (TPSA) is 9.23 Å². The summed E-state index contributed by atoms with van der Waals surface area (Å²) in [5.74, 6) is 0.201. The molecule has 0 aromatic rings. The second-order valence-corrected chi connectivity index (χ2v) is 4.22. The van der Waals surface area contributed by atoms with Crippen LogP contribution in [0.4, 0.5) is 8.78 Å². The van der Waals surface area contributed by atoms with Crippen LogP contribution in [-0.4, -0.2) is 12.8 Å². The van der Waals surface area contributed by atoms with Gasteiger partial charge >= 0.3 is 0 Å². The van der Waals surface area contributed by atoms with Gasteiger partial charge in [0.05, 0.1) is 6.61 Å². The molecule has 0 amide bonds. The molecule has 0 bridgehead atoms. The van der Waals surface area contributed by atoms with E-state index in [1.165, 1.54) is 6.92 Å². The van der Waals surface area contributed by atoms with Crippen LogP contribution < -0.4 is 0 Å². The normalized spacial score (nSPS) is 32.9. The van der Waals surface area contributed by atoms with E-state index in [2.05, 4.69) is 0 Å². The third kappa shape index (κ3) is 1.45. The minimum Gasteiger partial charge on any atom is -0.490 e. The molecule has 1 heterocycles. The average Bonchev–Trinajstić information content (AvgIpc) is 2.14. The zero-order chi connectivity index (χ0) is 10.3. The summed E-state index contributed by atoms with van der Waals surface area (Å²) in [7, 11) is 0. The molecule has 3 heteroatoms. The van der Waals surface area contributed by atoms with E-state index in [1.807, 2.05) is 6.92 Å². The number of allylic oxidation sites excluding steroid dienone is 3. The van der Waals surface area contributed by atoms with Gasteiger partial charge in [0.25, 0.3) is 0 Å². The maximum Gasteiger partial charge on any atom is 0.166 e. The van der Waals surface area contributed by atoms with E-state index in [-0.39, 0.29) is 5.57 Å². The monoisotopic (exact) mass is 200 g/mol. The van der Waals surface area contributed by atoms with Gasteiger partial charge in [0, 0.05) is 12.0 Å². The lowest BCUT2D eigenvalue weighted by molar-refractivity contribution is 0.135. The summed E-state index contributed by atoms with van der Waals surface area (Å²) in [5, 5.41) is 0. The molecule has 1 nitrogen and oxygen atoms in total. The zero-order valence-electron chi connectivity index (χ0n) is 8.44. The van der Waals surface area contributed by atoms with E-state index in [4.69, 9.17) is 4.74 Å². The van der Waals surface area contributed by atoms with Crippen LogP contribution in [0.25, 0.3) is 0 Å². The summed E-state index contributed by atoms with van der Waals surface area (Å²) >= 11 is 0. The fourth-order valence-electron chi connectivity index (χ4n) is 1.98. The molecule has 2 rings (SSSR count). The lowest BCUT2D eigenvalue weighted by Gasteiger charge is -2.29. The minimum absolute atomic E-state index is 0.179. The van der Waals surface area contributed by atoms with Crippen LogP contribution in [0.1, 0.15) is 26.7 Å². The molecule has 0 N–H and O–H groups in total. The molecule has 0 radical (unpaired) electrons. The standard InChI is InChI=1S/C11H14F2O/c1-6-3-8-4-9(12)7(2)10(13)11(8)14-5-6/h6,9H,3-5H2,1-2H3. The Kier molecular flexibility index (Phi) is 2.33. The van der Waals surface area contributed by atoms with E-state index in [9.17, 15) is 8.78 Å². The summed E-state index contributed by atoms with van der Waals surface area (Å²) in [5.41, 5.74) is 0.984. The first-order valence-corrected chi connectivity index (χ1v) is 4.95. The quantitative estimate of drug-likeness (QED) is 0.583. The van der Waals surface area contributed by atoms with Gasteiger partial charge in [-0.2, -0.15) is 0 Å². The molecule has 14 heavy (non-hydrogen) atoms. The van der Waals surface area contributed by atoms with E-state index >= 15 is 0 Å². The van der Waals surface area contributed by atoms with Gasteiger partial charge in [-0.15, -0.1) is 0 Å². The fourth-order valence-corrected chi connectivity index (χ4v) is 1.98. The van der Waals surface area contributed by atoms with Gasteiger partial charge in [-0.25, -0.2) is 8.78 Å². The van der Waals surface area contributed by atoms with Gasteiger partial charge < -0.3 is 4.74 Å². The Labute approximate surface area is 82.4 Å². The van der Waals surface area contributed by atoms with Crippen molar-refractivity contribution in [3.63, 3.8) is 0 Å². The molecule has 1 aliphatic heterocycles. The van der Waals surface area contributed by atoms with E-state index in [0.29, 0.717) is 24.7 Å². The average molecular weight is 200 g/mol. The van der Waals surface area contributed by atoms with Crippen molar-refractivity contribution in [1.82, 2.24) is 0 Å². The molecule has 0 aromatic heterocycles. The molecule has 0 spiro atoms. The molecule has 2 unspecified atom stereocenters. The highest BCUT2D eigenvalue weighted by Gasteiger charge is 2.31. The number of hydrogen-bond donors (Lipinski definition) is 0. The maximum atomic E-state index is 13.5. The van der Waals surface area contributed by atoms with Crippen molar-refractivity contribution in [2.75, 3.05) is 6.61 Å². The minimum atomic E-state index is -1.16. The van der Waals surface area contributed by atoms with E-state index < -0.39 is 12.0 Å². The van der Waals surface area contributed by atoms with Crippen LogP contribution in [-0.2, 0) is 4.74 Å². The Hall–Kier alpha value is -0.860. The number of hydrogen-bond acceptors (Lipinski definition) is 1. The number of halogens is 2. The van der Waals surface area contributed by atoms with Gasteiger partial charge in [-0.1, -0.05) is 6.92 Å². The van der Waals surface area contributed by atoms with E-state index in [1.54, 1.807) is 0 Å². The first-order valence-electron chi connectivity index (χ1n) is 4.95.